The number of carbonyl (C=O) groups excluding carboxylic acids is 3. The van der Waals surface area contributed by atoms with E-state index < -0.39 is 42.2 Å². The predicted octanol–water partition coefficient (Wildman–Crippen LogP) is 3.04. The van der Waals surface area contributed by atoms with Gasteiger partial charge in [-0.2, -0.15) is 0 Å². The molecule has 8 nitrogen and oxygen atoms in total. The lowest BCUT2D eigenvalue weighted by molar-refractivity contribution is -0.139. The Morgan fingerprint density at radius 3 is 2.29 bits per heavy atom. The van der Waals surface area contributed by atoms with Gasteiger partial charge in [-0.05, 0) is 51.2 Å². The number of ether oxygens (including phenoxy) is 1. The summed E-state index contributed by atoms with van der Waals surface area (Å²) in [7, 11) is 0. The number of nitrogens with one attached hydrogen (secondary N) is 2. The number of hydrogen-bond donors (Lipinski definition) is 3. The molecular weight excluding hydrogens is 434 g/mol. The van der Waals surface area contributed by atoms with Crippen LogP contribution in [0.1, 0.15) is 77.0 Å². The minimum absolute atomic E-state index is 0.0157. The highest BCUT2D eigenvalue weighted by Crippen LogP contribution is 2.25. The van der Waals surface area contributed by atoms with Crippen molar-refractivity contribution in [2.75, 3.05) is 6.61 Å². The third-order valence-electron chi connectivity index (χ3n) is 5.71. The van der Waals surface area contributed by atoms with Crippen LogP contribution >= 0.6 is 0 Å². The Balaban J connectivity index is 2.32. The Kier molecular flexibility index (Phi) is 9.94. The van der Waals surface area contributed by atoms with Crippen molar-refractivity contribution in [2.24, 2.45) is 0 Å². The molecule has 0 saturated heterocycles. The molecule has 0 heterocycles. The summed E-state index contributed by atoms with van der Waals surface area (Å²) in [6.07, 6.45) is 10.6. The molecule has 1 fully saturated rings. The molecule has 1 saturated carbocycles. The lowest BCUT2D eigenvalue weighted by atomic mass is 9.94. The summed E-state index contributed by atoms with van der Waals surface area (Å²) in [5, 5.41) is 15.2. The van der Waals surface area contributed by atoms with Crippen LogP contribution in [0.25, 0.3) is 0 Å². The number of benzene rings is 1. The van der Waals surface area contributed by atoms with E-state index in [-0.39, 0.29) is 6.04 Å². The Bertz CT molecular complexity index is 879. The van der Waals surface area contributed by atoms with Crippen LogP contribution in [0, 0.1) is 12.5 Å². The lowest BCUT2D eigenvalue weighted by Crippen LogP contribution is -2.53. The van der Waals surface area contributed by atoms with Gasteiger partial charge >= 0.3 is 6.09 Å². The van der Waals surface area contributed by atoms with Crippen LogP contribution in [0.3, 0.4) is 0 Å². The van der Waals surface area contributed by atoms with Gasteiger partial charge in [0.15, 0.2) is 0 Å². The smallest absolute Gasteiger partial charge is 0.408 e. The van der Waals surface area contributed by atoms with E-state index in [0.717, 1.165) is 49.0 Å². The van der Waals surface area contributed by atoms with Crippen molar-refractivity contribution >= 4 is 17.9 Å². The molecule has 0 radical (unpaired) electrons. The Hall–Kier alpha value is -3.05. The van der Waals surface area contributed by atoms with Gasteiger partial charge in [-0.1, -0.05) is 56.9 Å². The second-order valence-corrected chi connectivity index (χ2v) is 9.56. The second-order valence-electron chi connectivity index (χ2n) is 9.56. The minimum Gasteiger partial charge on any atom is -0.444 e. The highest BCUT2D eigenvalue weighted by atomic mass is 16.6. The van der Waals surface area contributed by atoms with Crippen molar-refractivity contribution < 1.29 is 24.2 Å². The van der Waals surface area contributed by atoms with E-state index in [1.807, 2.05) is 19.1 Å². The van der Waals surface area contributed by atoms with E-state index >= 15 is 0 Å². The average Bonchev–Trinajstić information content (AvgIpc) is 2.80. The van der Waals surface area contributed by atoms with Crippen molar-refractivity contribution in [1.82, 2.24) is 15.5 Å². The molecule has 0 spiro atoms. The Morgan fingerprint density at radius 1 is 1.18 bits per heavy atom. The van der Waals surface area contributed by atoms with Gasteiger partial charge in [0, 0.05) is 12.1 Å². The van der Waals surface area contributed by atoms with Gasteiger partial charge in [0.25, 0.3) is 5.91 Å². The zero-order valence-electron chi connectivity index (χ0n) is 20.6. The van der Waals surface area contributed by atoms with E-state index in [1.54, 1.807) is 32.9 Å². The summed E-state index contributed by atoms with van der Waals surface area (Å²) in [4.78, 5) is 39.9. The van der Waals surface area contributed by atoms with Gasteiger partial charge in [-0.25, -0.2) is 4.79 Å². The summed E-state index contributed by atoms with van der Waals surface area (Å²) in [5.74, 6) is -1.17. The minimum atomic E-state index is -1.37. The quantitative estimate of drug-likeness (QED) is 0.399. The summed E-state index contributed by atoms with van der Waals surface area (Å²) < 4.78 is 5.19. The molecule has 2 atom stereocenters. The van der Waals surface area contributed by atoms with Crippen molar-refractivity contribution in [1.29, 1.82) is 0 Å². The summed E-state index contributed by atoms with van der Waals surface area (Å²) in [6.45, 7) is 6.36. The van der Waals surface area contributed by atoms with Crippen LogP contribution in [0.2, 0.25) is 0 Å². The molecule has 8 heteroatoms. The SMILES string of the molecule is C#CN(C(=O)C(CO)NC(=O)OC(C)(C)C)C(C(=O)NC1CCCCC1)c1ccc(CC)cc1. The number of terminal acetylenes is 1. The fraction of sp³-hybridized carbons (Fsp3) is 0.577. The van der Waals surface area contributed by atoms with Crippen LogP contribution in [-0.4, -0.2) is 52.2 Å². The van der Waals surface area contributed by atoms with Crippen molar-refractivity contribution in [3.05, 3.63) is 35.4 Å². The highest BCUT2D eigenvalue weighted by molar-refractivity contribution is 5.93. The van der Waals surface area contributed by atoms with Gasteiger partial charge in [0.1, 0.15) is 17.7 Å². The van der Waals surface area contributed by atoms with Crippen molar-refractivity contribution in [3.63, 3.8) is 0 Å². The largest absolute Gasteiger partial charge is 0.444 e. The molecule has 186 valence electrons. The van der Waals surface area contributed by atoms with Gasteiger partial charge in [0.2, 0.25) is 5.91 Å². The first-order chi connectivity index (χ1) is 16.1. The first kappa shape index (κ1) is 27.2. The maximum absolute atomic E-state index is 13.4. The van der Waals surface area contributed by atoms with Gasteiger partial charge in [0.05, 0.1) is 6.61 Å². The van der Waals surface area contributed by atoms with Gasteiger partial charge in [-0.3, -0.25) is 14.5 Å². The standard InChI is InChI=1S/C26H37N3O5/c1-6-18-13-15-19(16-14-18)22(23(31)27-20-11-9-8-10-12-20)29(7-2)24(32)21(17-30)28-25(33)34-26(3,4)5/h2,13-16,20-22,30H,6,8-12,17H2,1,3-5H3,(H,27,31)(H,28,33). The molecule has 2 unspecified atom stereocenters. The maximum Gasteiger partial charge on any atom is 0.408 e. The molecule has 1 aliphatic carbocycles. The molecule has 0 aromatic heterocycles. The van der Waals surface area contributed by atoms with Crippen LogP contribution < -0.4 is 10.6 Å². The number of nitrogens with zero attached hydrogens (tertiary/aromatic N) is 1. The lowest BCUT2D eigenvalue weighted by Gasteiger charge is -2.31. The summed E-state index contributed by atoms with van der Waals surface area (Å²) in [5.41, 5.74) is 0.835. The number of alkyl carbamates (subject to hydrolysis) is 1. The van der Waals surface area contributed by atoms with Crippen molar-refractivity contribution in [3.8, 4) is 12.5 Å². The molecule has 0 bridgehead atoms. The number of carbonyl (C=O) groups is 3. The number of hydrogen-bond acceptors (Lipinski definition) is 5. The fourth-order valence-corrected chi connectivity index (χ4v) is 3.95. The predicted molar refractivity (Wildman–Crippen MR) is 129 cm³/mol. The highest BCUT2D eigenvalue weighted by Gasteiger charge is 2.36. The number of aryl methyl sites for hydroxylation is 1. The summed E-state index contributed by atoms with van der Waals surface area (Å²) in [6, 6.07) is 7.16. The van der Waals surface area contributed by atoms with Gasteiger partial charge < -0.3 is 20.5 Å². The summed E-state index contributed by atoms with van der Waals surface area (Å²) >= 11 is 0. The molecule has 3 amide bonds. The van der Waals surface area contributed by atoms with Gasteiger partial charge in [-0.15, -0.1) is 0 Å². The van der Waals surface area contributed by atoms with E-state index in [4.69, 9.17) is 11.2 Å². The molecule has 0 aliphatic heterocycles. The first-order valence-electron chi connectivity index (χ1n) is 11.9. The average molecular weight is 472 g/mol. The Morgan fingerprint density at radius 2 is 1.79 bits per heavy atom. The second kappa shape index (κ2) is 12.4. The number of aliphatic hydroxyl groups excluding tert-OH is 1. The molecule has 2 rings (SSSR count). The monoisotopic (exact) mass is 471 g/mol. The number of rotatable bonds is 8. The third-order valence-corrected chi connectivity index (χ3v) is 5.71. The van der Waals surface area contributed by atoms with Crippen LogP contribution in [0.4, 0.5) is 4.79 Å². The van der Waals surface area contributed by atoms with E-state index in [1.165, 1.54) is 0 Å². The van der Waals surface area contributed by atoms with E-state index in [0.29, 0.717) is 5.56 Å². The Labute approximate surface area is 202 Å². The van der Waals surface area contributed by atoms with Crippen LogP contribution in [0.5, 0.6) is 0 Å². The van der Waals surface area contributed by atoms with Crippen LogP contribution in [0.15, 0.2) is 24.3 Å². The molecule has 34 heavy (non-hydrogen) atoms. The van der Waals surface area contributed by atoms with Crippen molar-refractivity contribution in [2.45, 2.75) is 89.9 Å². The maximum atomic E-state index is 13.4. The molecular formula is C26H37N3O5. The first-order valence-corrected chi connectivity index (χ1v) is 11.9. The molecule has 1 aromatic carbocycles. The number of aliphatic hydroxyl groups is 1. The van der Waals surface area contributed by atoms with Crippen LogP contribution in [-0.2, 0) is 20.7 Å². The molecule has 1 aromatic rings. The normalized spacial score (nSPS) is 16.0. The zero-order chi connectivity index (χ0) is 25.3. The molecule has 1 aliphatic rings. The zero-order valence-corrected chi connectivity index (χ0v) is 20.6. The fourth-order valence-electron chi connectivity index (χ4n) is 3.95. The van der Waals surface area contributed by atoms with E-state index in [9.17, 15) is 19.5 Å². The molecule has 3 N–H and O–H groups in total. The third kappa shape index (κ3) is 7.77. The topological polar surface area (TPSA) is 108 Å². The van der Waals surface area contributed by atoms with E-state index in [2.05, 4.69) is 16.7 Å². The number of amides is 3.